The number of carbonyl (C=O) groups excluding carboxylic acids is 1. The van der Waals surface area contributed by atoms with Gasteiger partial charge in [0.1, 0.15) is 0 Å². The van der Waals surface area contributed by atoms with Gasteiger partial charge >= 0.3 is 5.97 Å². The number of nitrogens with two attached hydrogens (primary N) is 1. The van der Waals surface area contributed by atoms with E-state index in [-0.39, 0.29) is 5.91 Å². The molecule has 3 N–H and O–H groups in total. The summed E-state index contributed by atoms with van der Waals surface area (Å²) in [7, 11) is 0. The molecule has 20 heavy (non-hydrogen) atoms. The maximum atomic E-state index is 12.5. The minimum atomic E-state index is -1.00. The number of carboxylic acid groups (broad SMARTS) is 1. The lowest BCUT2D eigenvalue weighted by Gasteiger charge is -2.37. The van der Waals surface area contributed by atoms with E-state index in [1.54, 1.807) is 17.4 Å². The fourth-order valence-corrected chi connectivity index (χ4v) is 3.27. The predicted molar refractivity (Wildman–Crippen MR) is 77.5 cm³/mol. The summed E-state index contributed by atoms with van der Waals surface area (Å²) in [5.74, 6) is -1.29. The highest BCUT2D eigenvalue weighted by Crippen LogP contribution is 2.34. The molecule has 1 amide bonds. The molecule has 0 saturated heterocycles. The van der Waals surface area contributed by atoms with Gasteiger partial charge in [-0.15, -0.1) is 11.3 Å². The average molecular weight is 296 g/mol. The second kappa shape index (κ2) is 5.18. The van der Waals surface area contributed by atoms with Crippen molar-refractivity contribution in [3.05, 3.63) is 21.9 Å². The van der Waals surface area contributed by atoms with Gasteiger partial charge in [0.25, 0.3) is 0 Å². The van der Waals surface area contributed by atoms with Gasteiger partial charge in [-0.1, -0.05) is 20.8 Å². The fraction of sp³-hybridized carbons (Fsp3) is 0.571. The van der Waals surface area contributed by atoms with Crippen molar-refractivity contribution in [3.8, 4) is 0 Å². The minimum Gasteiger partial charge on any atom is -0.479 e. The third kappa shape index (κ3) is 2.58. The van der Waals surface area contributed by atoms with Gasteiger partial charge in [0.15, 0.2) is 6.04 Å². The van der Waals surface area contributed by atoms with Gasteiger partial charge in [0.05, 0.1) is 6.04 Å². The zero-order valence-electron chi connectivity index (χ0n) is 11.9. The highest BCUT2D eigenvalue weighted by atomic mass is 32.1. The van der Waals surface area contributed by atoms with Gasteiger partial charge in [-0.3, -0.25) is 4.79 Å². The largest absolute Gasteiger partial charge is 0.479 e. The van der Waals surface area contributed by atoms with E-state index in [1.165, 1.54) is 4.90 Å². The van der Waals surface area contributed by atoms with Crippen LogP contribution in [0.25, 0.3) is 0 Å². The number of aliphatic carboxylic acids is 1. The molecule has 0 aliphatic carbocycles. The zero-order valence-corrected chi connectivity index (χ0v) is 12.7. The average Bonchev–Trinajstić information content (AvgIpc) is 2.82. The second-order valence-electron chi connectivity index (χ2n) is 6.17. The Hall–Kier alpha value is -1.40. The van der Waals surface area contributed by atoms with Crippen LogP contribution in [0.15, 0.2) is 11.4 Å². The molecule has 1 aromatic heterocycles. The summed E-state index contributed by atoms with van der Waals surface area (Å²) in [6.07, 6.45) is 0.694. The highest BCUT2D eigenvalue weighted by molar-refractivity contribution is 7.10. The fourth-order valence-electron chi connectivity index (χ4n) is 2.37. The Labute approximate surface area is 122 Å². The number of nitrogens with zero attached hydrogens (tertiary/aromatic N) is 1. The Balaban J connectivity index is 2.33. The summed E-state index contributed by atoms with van der Waals surface area (Å²) in [5.41, 5.74) is 6.33. The molecule has 5 nitrogen and oxygen atoms in total. The number of hydrogen-bond donors (Lipinski definition) is 2. The molecule has 0 spiro atoms. The lowest BCUT2D eigenvalue weighted by Crippen LogP contribution is -2.54. The van der Waals surface area contributed by atoms with Crippen LogP contribution >= 0.6 is 11.3 Å². The Kier molecular flexibility index (Phi) is 3.88. The van der Waals surface area contributed by atoms with E-state index in [0.717, 1.165) is 10.4 Å². The standard InChI is InChI=1S/C14H20N2O3S/c1-14(2,3)11(15)12(17)16-6-4-9-8(5-7-20-9)10(16)13(18)19/h5,7,10-11H,4,6,15H2,1-3H3,(H,18,19). The maximum absolute atomic E-state index is 12.5. The van der Waals surface area contributed by atoms with Crippen molar-refractivity contribution >= 4 is 23.2 Å². The lowest BCUT2D eigenvalue weighted by atomic mass is 9.85. The molecule has 0 aromatic carbocycles. The van der Waals surface area contributed by atoms with Crippen molar-refractivity contribution < 1.29 is 14.7 Å². The Morgan fingerprint density at radius 1 is 1.50 bits per heavy atom. The van der Waals surface area contributed by atoms with Gasteiger partial charge in [0, 0.05) is 11.4 Å². The molecule has 0 bridgehead atoms. The monoisotopic (exact) mass is 296 g/mol. The first kappa shape index (κ1) is 15.0. The third-order valence-corrected chi connectivity index (χ3v) is 4.68. The molecule has 0 fully saturated rings. The van der Waals surface area contributed by atoms with Gasteiger partial charge in [-0.25, -0.2) is 4.79 Å². The van der Waals surface area contributed by atoms with Crippen molar-refractivity contribution in [1.82, 2.24) is 4.90 Å². The summed E-state index contributed by atoms with van der Waals surface area (Å²) in [6.45, 7) is 6.05. The van der Waals surface area contributed by atoms with Crippen LogP contribution in [0.2, 0.25) is 0 Å². The predicted octanol–water partition coefficient (Wildman–Crippen LogP) is 1.63. The van der Waals surface area contributed by atoms with Crippen molar-refractivity contribution in [1.29, 1.82) is 0 Å². The van der Waals surface area contributed by atoms with Crippen molar-refractivity contribution in [2.75, 3.05) is 6.54 Å². The topological polar surface area (TPSA) is 83.6 Å². The van der Waals surface area contributed by atoms with E-state index in [1.807, 2.05) is 26.2 Å². The number of carboxylic acids is 1. The van der Waals surface area contributed by atoms with E-state index in [2.05, 4.69) is 0 Å². The van der Waals surface area contributed by atoms with Gasteiger partial charge in [-0.2, -0.15) is 0 Å². The van der Waals surface area contributed by atoms with Gasteiger partial charge < -0.3 is 15.7 Å². The molecular formula is C14H20N2O3S. The summed E-state index contributed by atoms with van der Waals surface area (Å²) in [4.78, 5) is 26.6. The van der Waals surface area contributed by atoms with Crippen LogP contribution in [0.3, 0.4) is 0 Å². The molecule has 6 heteroatoms. The number of amides is 1. The zero-order chi connectivity index (χ0) is 15.1. The third-order valence-electron chi connectivity index (χ3n) is 3.68. The maximum Gasteiger partial charge on any atom is 0.331 e. The molecule has 1 aromatic rings. The van der Waals surface area contributed by atoms with E-state index in [9.17, 15) is 14.7 Å². The van der Waals surface area contributed by atoms with Crippen molar-refractivity contribution in [2.24, 2.45) is 11.1 Å². The minimum absolute atomic E-state index is 0.290. The summed E-state index contributed by atoms with van der Waals surface area (Å²) in [6, 6.07) is 0.177. The number of fused-ring (bicyclic) bond motifs is 1. The van der Waals surface area contributed by atoms with Crippen LogP contribution in [-0.4, -0.2) is 34.5 Å². The molecule has 2 heterocycles. The second-order valence-corrected chi connectivity index (χ2v) is 7.17. The van der Waals surface area contributed by atoms with Crippen LogP contribution in [0, 0.1) is 5.41 Å². The normalized spacial score (nSPS) is 20.4. The molecule has 1 aliphatic rings. The first-order chi connectivity index (χ1) is 9.23. The van der Waals surface area contributed by atoms with Crippen LogP contribution in [0.4, 0.5) is 0 Å². The molecule has 0 radical (unpaired) electrons. The van der Waals surface area contributed by atoms with Crippen LogP contribution < -0.4 is 5.73 Å². The molecule has 2 rings (SSSR count). The summed E-state index contributed by atoms with van der Waals surface area (Å²) >= 11 is 1.54. The van der Waals surface area contributed by atoms with Crippen LogP contribution in [0.1, 0.15) is 37.3 Å². The summed E-state index contributed by atoms with van der Waals surface area (Å²) in [5, 5.41) is 11.4. The van der Waals surface area contributed by atoms with Gasteiger partial charge in [0.2, 0.25) is 5.91 Å². The summed E-state index contributed by atoms with van der Waals surface area (Å²) < 4.78 is 0. The van der Waals surface area contributed by atoms with E-state index < -0.39 is 23.5 Å². The van der Waals surface area contributed by atoms with Crippen molar-refractivity contribution in [2.45, 2.75) is 39.3 Å². The number of carbonyl (C=O) groups is 2. The molecule has 0 saturated carbocycles. The van der Waals surface area contributed by atoms with Crippen LogP contribution in [0.5, 0.6) is 0 Å². The Morgan fingerprint density at radius 3 is 2.70 bits per heavy atom. The number of thiophene rings is 1. The van der Waals surface area contributed by atoms with E-state index >= 15 is 0 Å². The molecule has 2 atom stereocenters. The lowest BCUT2D eigenvalue weighted by molar-refractivity contribution is -0.152. The molecule has 2 unspecified atom stereocenters. The van der Waals surface area contributed by atoms with E-state index in [4.69, 9.17) is 5.73 Å². The Morgan fingerprint density at radius 2 is 2.15 bits per heavy atom. The smallest absolute Gasteiger partial charge is 0.331 e. The number of hydrogen-bond acceptors (Lipinski definition) is 4. The molecule has 110 valence electrons. The first-order valence-corrected chi connectivity index (χ1v) is 7.46. The molecular weight excluding hydrogens is 276 g/mol. The van der Waals surface area contributed by atoms with Crippen molar-refractivity contribution in [3.63, 3.8) is 0 Å². The van der Waals surface area contributed by atoms with Gasteiger partial charge in [-0.05, 0) is 28.8 Å². The first-order valence-electron chi connectivity index (χ1n) is 6.58. The quantitative estimate of drug-likeness (QED) is 0.869. The van der Waals surface area contributed by atoms with Crippen LogP contribution in [-0.2, 0) is 16.0 Å². The number of rotatable bonds is 2. The molecule has 1 aliphatic heterocycles. The Bertz CT molecular complexity index is 533. The SMILES string of the molecule is CC(C)(C)C(N)C(=O)N1CCc2sccc2C1C(=O)O. The highest BCUT2D eigenvalue weighted by Gasteiger charge is 2.40. The van der Waals surface area contributed by atoms with E-state index in [0.29, 0.717) is 13.0 Å².